The Bertz CT molecular complexity index is 509. The van der Waals surface area contributed by atoms with E-state index in [9.17, 15) is 9.90 Å². The maximum Gasteiger partial charge on any atom is 0.220 e. The van der Waals surface area contributed by atoms with Crippen LogP contribution >= 0.6 is 0 Å². The van der Waals surface area contributed by atoms with Crippen LogP contribution in [-0.2, 0) is 4.79 Å². The van der Waals surface area contributed by atoms with E-state index in [0.29, 0.717) is 6.42 Å². The van der Waals surface area contributed by atoms with Gasteiger partial charge in [0.25, 0.3) is 0 Å². The number of aliphatic hydroxyl groups excluding tert-OH is 1. The summed E-state index contributed by atoms with van der Waals surface area (Å²) < 4.78 is 1.98. The Balaban J connectivity index is -0.00000512. The van der Waals surface area contributed by atoms with E-state index in [1.807, 2.05) is 0 Å². The van der Waals surface area contributed by atoms with Crippen molar-refractivity contribution in [2.45, 2.75) is 103 Å². The smallest absolute Gasteiger partial charge is 0.220 e. The number of halogens is 2. The van der Waals surface area contributed by atoms with Crippen molar-refractivity contribution in [1.29, 1.82) is 0 Å². The molecule has 1 atom stereocenters. The van der Waals surface area contributed by atoms with Gasteiger partial charge in [0.1, 0.15) is 0 Å². The van der Waals surface area contributed by atoms with Crippen LogP contribution in [0.4, 0.5) is 0 Å². The molecule has 212 valence electrons. The van der Waals surface area contributed by atoms with Crippen LogP contribution in [0.3, 0.4) is 0 Å². The van der Waals surface area contributed by atoms with Crippen LogP contribution in [0.25, 0.3) is 0 Å². The Morgan fingerprint density at radius 2 is 1.43 bits per heavy atom. The molecule has 0 fully saturated rings. The van der Waals surface area contributed by atoms with Crippen LogP contribution in [0.1, 0.15) is 96.8 Å². The van der Waals surface area contributed by atoms with Crippen molar-refractivity contribution >= 4 is 5.91 Å². The Hall–Kier alpha value is -0.330. The van der Waals surface area contributed by atoms with Gasteiger partial charge in [0.15, 0.2) is 0 Å². The minimum atomic E-state index is -0.165. The highest BCUT2D eigenvalue weighted by Gasteiger charge is 2.17. The number of hydrogen-bond donors (Lipinski definition) is 2. The normalized spacial score (nSPS) is 12.8. The van der Waals surface area contributed by atoms with Gasteiger partial charge in [-0.2, -0.15) is 0 Å². The molecule has 0 heterocycles. The standard InChI is InChI=1S/C28H58N3O2.2ClH/c1-7-8-9-16-20-27(32)21-17-14-12-10-11-13-15-18-22-28(33)29-23-26-31(5,6)25-19-24-30(2,3)4;;/h14,17,27,32H,7-13,15-16,18-26H2,1-6H3;2*1H/q+1;;/p-1/b17-14+;;/t27-;;/m1../s1. The number of carbonyl (C=O) groups is 1. The predicted octanol–water partition coefficient (Wildman–Crippen LogP) is -0.708. The molecule has 0 unspecified atom stereocenters. The number of quaternary nitrogens is 2. The first-order valence-electron chi connectivity index (χ1n) is 13.8. The molecule has 35 heavy (non-hydrogen) atoms. The number of amides is 1. The molecule has 0 aromatic rings. The number of carbonyl (C=O) groups excluding carboxylic acids is 1. The zero-order chi connectivity index (χ0) is 25.0. The molecule has 0 aliphatic carbocycles. The fourth-order valence-corrected chi connectivity index (χ4v) is 4.05. The van der Waals surface area contributed by atoms with Gasteiger partial charge in [-0.3, -0.25) is 4.79 Å². The fourth-order valence-electron chi connectivity index (χ4n) is 4.05. The lowest BCUT2D eigenvalue weighted by molar-refractivity contribution is -0.901. The number of likely N-dealkylation sites (N-methyl/N-ethyl adjacent to an activating group) is 1. The van der Waals surface area contributed by atoms with Crippen molar-refractivity contribution in [2.24, 2.45) is 0 Å². The molecule has 7 heteroatoms. The van der Waals surface area contributed by atoms with E-state index in [0.717, 1.165) is 67.1 Å². The third kappa shape index (κ3) is 29.8. The molecule has 0 saturated heterocycles. The summed E-state index contributed by atoms with van der Waals surface area (Å²) in [5, 5.41) is 13.1. The van der Waals surface area contributed by atoms with Crippen LogP contribution in [0.2, 0.25) is 0 Å². The van der Waals surface area contributed by atoms with E-state index in [4.69, 9.17) is 0 Å². The quantitative estimate of drug-likeness (QED) is 0.108. The average Bonchev–Trinajstić information content (AvgIpc) is 2.71. The summed E-state index contributed by atoms with van der Waals surface area (Å²) in [5.41, 5.74) is 0. The van der Waals surface area contributed by atoms with Gasteiger partial charge in [-0.05, 0) is 32.1 Å². The molecule has 0 aliphatic rings. The molecule has 1 amide bonds. The molecule has 0 rings (SSSR count). The first-order valence-corrected chi connectivity index (χ1v) is 13.8. The Labute approximate surface area is 231 Å². The van der Waals surface area contributed by atoms with E-state index >= 15 is 0 Å². The summed E-state index contributed by atoms with van der Waals surface area (Å²) in [5.74, 6) is 0.206. The molecule has 0 saturated carbocycles. The number of hydrogen-bond acceptors (Lipinski definition) is 2. The lowest BCUT2D eigenvalue weighted by Crippen LogP contribution is -3.00. The van der Waals surface area contributed by atoms with Crippen LogP contribution in [0, 0.1) is 0 Å². The molecule has 0 spiro atoms. The molecule has 2 N–H and O–H groups in total. The second-order valence-electron chi connectivity index (χ2n) is 11.6. The largest absolute Gasteiger partial charge is 1.00 e. The second kappa shape index (κ2) is 24.0. The fraction of sp³-hybridized carbons (Fsp3) is 0.893. The highest BCUT2D eigenvalue weighted by molar-refractivity contribution is 5.75. The highest BCUT2D eigenvalue weighted by atomic mass is 35.5. The molecular weight excluding hydrogens is 481 g/mol. The number of aliphatic hydroxyl groups is 1. The summed E-state index contributed by atoms with van der Waals surface area (Å²) >= 11 is 0. The first kappa shape index (κ1) is 39.2. The van der Waals surface area contributed by atoms with Crippen molar-refractivity contribution in [3.8, 4) is 0 Å². The number of unbranched alkanes of at least 4 members (excludes halogenated alkanes) is 8. The van der Waals surface area contributed by atoms with Crippen molar-refractivity contribution < 1.29 is 43.7 Å². The third-order valence-corrected chi connectivity index (χ3v) is 6.37. The number of nitrogens with zero attached hydrogens (tertiary/aromatic N) is 2. The molecule has 0 bridgehead atoms. The minimum Gasteiger partial charge on any atom is -1.00 e. The van der Waals surface area contributed by atoms with Crippen LogP contribution in [-0.4, -0.2) is 87.5 Å². The van der Waals surface area contributed by atoms with Gasteiger partial charge in [0.05, 0.1) is 67.5 Å². The lowest BCUT2D eigenvalue weighted by Gasteiger charge is -2.31. The summed E-state index contributed by atoms with van der Waals surface area (Å²) in [6.07, 6.45) is 19.6. The monoisotopic (exact) mass is 539 g/mol. The predicted molar refractivity (Wildman–Crippen MR) is 143 cm³/mol. The summed E-state index contributed by atoms with van der Waals surface area (Å²) in [7, 11) is 11.2. The SMILES string of the molecule is CCCCCC[C@@H](O)C/C=C/CCCCCCCC(=O)NCC[N+](C)(C)CCC[N+](C)(C)C.[Cl-].[Cl-]. The number of nitrogens with one attached hydrogen (secondary N) is 1. The van der Waals surface area contributed by atoms with Gasteiger partial charge >= 0.3 is 0 Å². The van der Waals surface area contributed by atoms with E-state index < -0.39 is 0 Å². The molecular formula is C28H59Cl2N3O2. The minimum absolute atomic E-state index is 0. The van der Waals surface area contributed by atoms with E-state index in [1.165, 1.54) is 51.5 Å². The van der Waals surface area contributed by atoms with Gasteiger partial charge in [-0.25, -0.2) is 0 Å². The van der Waals surface area contributed by atoms with Crippen molar-refractivity contribution in [1.82, 2.24) is 5.32 Å². The molecule has 0 radical (unpaired) electrons. The Kier molecular flexibility index (Phi) is 26.9. The maximum absolute atomic E-state index is 12.1. The number of rotatable bonds is 22. The van der Waals surface area contributed by atoms with E-state index in [2.05, 4.69) is 59.6 Å². The zero-order valence-corrected chi connectivity index (χ0v) is 25.5. The number of allylic oxidation sites excluding steroid dienone is 1. The van der Waals surface area contributed by atoms with E-state index in [-0.39, 0.29) is 36.8 Å². The molecule has 0 aliphatic heterocycles. The Morgan fingerprint density at radius 1 is 0.800 bits per heavy atom. The van der Waals surface area contributed by atoms with Gasteiger partial charge in [0.2, 0.25) is 5.91 Å². The summed E-state index contributed by atoms with van der Waals surface area (Å²) in [6.45, 7) is 6.32. The van der Waals surface area contributed by atoms with Crippen LogP contribution in [0.15, 0.2) is 12.2 Å². The first-order chi connectivity index (χ1) is 15.6. The van der Waals surface area contributed by atoms with Gasteiger partial charge < -0.3 is 44.2 Å². The molecule has 5 nitrogen and oxygen atoms in total. The molecule has 0 aromatic carbocycles. The zero-order valence-electron chi connectivity index (χ0n) is 24.0. The highest BCUT2D eigenvalue weighted by Crippen LogP contribution is 2.10. The summed E-state index contributed by atoms with van der Waals surface area (Å²) in [6, 6.07) is 0. The lowest BCUT2D eigenvalue weighted by atomic mass is 10.1. The van der Waals surface area contributed by atoms with Crippen molar-refractivity contribution in [3.63, 3.8) is 0 Å². The van der Waals surface area contributed by atoms with E-state index in [1.54, 1.807) is 0 Å². The maximum atomic E-state index is 12.1. The Morgan fingerprint density at radius 3 is 2.09 bits per heavy atom. The summed E-state index contributed by atoms with van der Waals surface area (Å²) in [4.78, 5) is 12.1. The molecule has 0 aromatic heterocycles. The average molecular weight is 541 g/mol. The van der Waals surface area contributed by atoms with Crippen molar-refractivity contribution in [2.75, 3.05) is 61.4 Å². The van der Waals surface area contributed by atoms with Gasteiger partial charge in [0, 0.05) is 12.8 Å². The van der Waals surface area contributed by atoms with Gasteiger partial charge in [-0.15, -0.1) is 0 Å². The van der Waals surface area contributed by atoms with Crippen molar-refractivity contribution in [3.05, 3.63) is 12.2 Å². The van der Waals surface area contributed by atoms with Gasteiger partial charge in [-0.1, -0.05) is 64.0 Å². The third-order valence-electron chi connectivity index (χ3n) is 6.37. The second-order valence-corrected chi connectivity index (χ2v) is 11.6. The van der Waals surface area contributed by atoms with Crippen LogP contribution < -0.4 is 30.1 Å². The topological polar surface area (TPSA) is 49.3 Å². The van der Waals surface area contributed by atoms with Crippen LogP contribution in [0.5, 0.6) is 0 Å².